The van der Waals surface area contributed by atoms with Crippen molar-refractivity contribution in [2.24, 2.45) is 0 Å². The third kappa shape index (κ3) is 3.50. The number of amides is 1. The minimum absolute atomic E-state index is 0.0877. The third-order valence-electron chi connectivity index (χ3n) is 4.29. The van der Waals surface area contributed by atoms with E-state index in [1.165, 1.54) is 23.5 Å². The summed E-state index contributed by atoms with van der Waals surface area (Å²) in [6.07, 6.45) is 0.662. The van der Waals surface area contributed by atoms with E-state index in [-0.39, 0.29) is 18.3 Å². The number of para-hydroxylation sites is 2. The number of aromatic nitrogens is 1. The van der Waals surface area contributed by atoms with Crippen molar-refractivity contribution in [3.8, 4) is 11.5 Å². The van der Waals surface area contributed by atoms with E-state index in [0.717, 1.165) is 11.4 Å². The van der Waals surface area contributed by atoms with Crippen molar-refractivity contribution in [2.45, 2.75) is 13.0 Å². The van der Waals surface area contributed by atoms with Gasteiger partial charge in [-0.25, -0.2) is 9.37 Å². The van der Waals surface area contributed by atoms with Crippen LogP contribution in [0.2, 0.25) is 0 Å². The maximum Gasteiger partial charge on any atom is 0.270 e. The van der Waals surface area contributed by atoms with Gasteiger partial charge in [-0.15, -0.1) is 11.3 Å². The highest BCUT2D eigenvalue weighted by molar-refractivity contribution is 7.14. The fraction of sp³-hybridized carbons (Fsp3) is 0.200. The Kier molecular flexibility index (Phi) is 4.77. The monoisotopic (exact) mass is 384 g/mol. The van der Waals surface area contributed by atoms with E-state index in [1.807, 2.05) is 24.3 Å². The van der Waals surface area contributed by atoms with Gasteiger partial charge in [0.25, 0.3) is 5.91 Å². The van der Waals surface area contributed by atoms with Crippen molar-refractivity contribution in [1.82, 2.24) is 4.98 Å². The van der Waals surface area contributed by atoms with Crippen molar-refractivity contribution in [1.29, 1.82) is 0 Å². The molecule has 0 spiro atoms. The zero-order valence-electron chi connectivity index (χ0n) is 14.6. The molecule has 2 heterocycles. The average Bonchev–Trinajstić information content (AvgIpc) is 3.11. The Bertz CT molecular complexity index is 989. The van der Waals surface area contributed by atoms with E-state index < -0.39 is 0 Å². The molecule has 0 aliphatic carbocycles. The molecule has 1 aliphatic rings. The van der Waals surface area contributed by atoms with Gasteiger partial charge in [0.2, 0.25) is 0 Å². The Morgan fingerprint density at radius 3 is 2.89 bits per heavy atom. The fourth-order valence-corrected chi connectivity index (χ4v) is 4.00. The maximum absolute atomic E-state index is 13.2. The van der Waals surface area contributed by atoms with Gasteiger partial charge in [-0.3, -0.25) is 4.79 Å². The second-order valence-electron chi connectivity index (χ2n) is 6.01. The molecule has 7 heteroatoms. The van der Waals surface area contributed by atoms with Crippen LogP contribution in [0.25, 0.3) is 0 Å². The van der Waals surface area contributed by atoms with Crippen molar-refractivity contribution in [3.05, 3.63) is 69.9 Å². The zero-order chi connectivity index (χ0) is 18.8. The molecule has 0 unspecified atom stereocenters. The second-order valence-corrected chi connectivity index (χ2v) is 7.09. The highest BCUT2D eigenvalue weighted by Crippen LogP contribution is 2.34. The smallest absolute Gasteiger partial charge is 0.270 e. The SMILES string of the molecule is COc1ccccc1N1CCc2nc(COc3cccc(F)c3)sc2C1=O. The molecule has 0 saturated heterocycles. The summed E-state index contributed by atoms with van der Waals surface area (Å²) in [5, 5.41) is 0.694. The van der Waals surface area contributed by atoms with Gasteiger partial charge < -0.3 is 14.4 Å². The van der Waals surface area contributed by atoms with Crippen LogP contribution in [0.5, 0.6) is 11.5 Å². The van der Waals surface area contributed by atoms with E-state index in [1.54, 1.807) is 24.1 Å². The molecule has 0 radical (unpaired) electrons. The number of carbonyl (C=O) groups excluding carboxylic acids is 1. The number of fused-ring (bicyclic) bond motifs is 1. The highest BCUT2D eigenvalue weighted by atomic mass is 32.1. The first-order valence-corrected chi connectivity index (χ1v) is 9.29. The average molecular weight is 384 g/mol. The summed E-state index contributed by atoms with van der Waals surface area (Å²) in [7, 11) is 1.59. The van der Waals surface area contributed by atoms with Crippen LogP contribution >= 0.6 is 11.3 Å². The Labute approximate surface area is 160 Å². The van der Waals surface area contributed by atoms with Crippen LogP contribution in [-0.4, -0.2) is 24.5 Å². The van der Waals surface area contributed by atoms with Crippen molar-refractivity contribution < 1.29 is 18.7 Å². The predicted molar refractivity (Wildman–Crippen MR) is 101 cm³/mol. The quantitative estimate of drug-likeness (QED) is 0.665. The predicted octanol–water partition coefficient (Wildman–Crippen LogP) is 4.07. The van der Waals surface area contributed by atoms with Gasteiger partial charge in [-0.1, -0.05) is 18.2 Å². The number of ether oxygens (including phenoxy) is 2. The summed E-state index contributed by atoms with van der Waals surface area (Å²) >= 11 is 1.32. The van der Waals surface area contributed by atoms with E-state index in [2.05, 4.69) is 4.98 Å². The number of thiazole rings is 1. The van der Waals surface area contributed by atoms with E-state index in [4.69, 9.17) is 9.47 Å². The third-order valence-corrected chi connectivity index (χ3v) is 5.35. The van der Waals surface area contributed by atoms with Gasteiger partial charge in [0.05, 0.1) is 18.5 Å². The molecular formula is C20H17FN2O3S. The molecule has 27 heavy (non-hydrogen) atoms. The molecule has 138 valence electrons. The van der Waals surface area contributed by atoms with Crippen LogP contribution < -0.4 is 14.4 Å². The molecular weight excluding hydrogens is 367 g/mol. The lowest BCUT2D eigenvalue weighted by Crippen LogP contribution is -2.37. The molecule has 0 bridgehead atoms. The lowest BCUT2D eigenvalue weighted by atomic mass is 10.1. The lowest BCUT2D eigenvalue weighted by molar-refractivity contribution is 0.0983. The minimum Gasteiger partial charge on any atom is -0.495 e. The summed E-state index contributed by atoms with van der Waals surface area (Å²) in [5.41, 5.74) is 1.54. The van der Waals surface area contributed by atoms with E-state index in [9.17, 15) is 9.18 Å². The summed E-state index contributed by atoms with van der Waals surface area (Å²) < 4.78 is 24.2. The number of halogens is 1. The summed E-state index contributed by atoms with van der Waals surface area (Å²) in [6, 6.07) is 13.4. The fourth-order valence-electron chi connectivity index (χ4n) is 3.03. The molecule has 0 atom stereocenters. The second kappa shape index (κ2) is 7.36. The molecule has 4 rings (SSSR count). The number of nitrogens with zero attached hydrogens (tertiary/aromatic N) is 2. The number of methoxy groups -OCH3 is 1. The topological polar surface area (TPSA) is 51.7 Å². The molecule has 0 fully saturated rings. The Balaban J connectivity index is 1.53. The van der Waals surface area contributed by atoms with Gasteiger partial charge in [0.1, 0.15) is 33.8 Å². The molecule has 0 saturated carbocycles. The zero-order valence-corrected chi connectivity index (χ0v) is 15.5. The molecule has 3 aromatic rings. The van der Waals surface area contributed by atoms with Crippen LogP contribution in [0.15, 0.2) is 48.5 Å². The first-order chi connectivity index (χ1) is 13.2. The van der Waals surface area contributed by atoms with E-state index in [0.29, 0.717) is 34.3 Å². The van der Waals surface area contributed by atoms with Gasteiger partial charge in [-0.2, -0.15) is 0 Å². The van der Waals surface area contributed by atoms with Crippen LogP contribution in [-0.2, 0) is 13.0 Å². The van der Waals surface area contributed by atoms with Crippen LogP contribution in [0.3, 0.4) is 0 Å². The number of hydrogen-bond acceptors (Lipinski definition) is 5. The van der Waals surface area contributed by atoms with Gasteiger partial charge in [0, 0.05) is 19.0 Å². The Morgan fingerprint density at radius 2 is 2.07 bits per heavy atom. The number of carbonyl (C=O) groups is 1. The van der Waals surface area contributed by atoms with Crippen LogP contribution in [0.1, 0.15) is 20.4 Å². The summed E-state index contributed by atoms with van der Waals surface area (Å²) in [6.45, 7) is 0.739. The van der Waals surface area contributed by atoms with E-state index >= 15 is 0 Å². The first kappa shape index (κ1) is 17.5. The molecule has 0 N–H and O–H groups in total. The number of anilines is 1. The molecule has 1 aromatic heterocycles. The van der Waals surface area contributed by atoms with Crippen molar-refractivity contribution in [2.75, 3.05) is 18.6 Å². The van der Waals surface area contributed by atoms with Crippen LogP contribution in [0.4, 0.5) is 10.1 Å². The maximum atomic E-state index is 13.2. The van der Waals surface area contributed by atoms with Gasteiger partial charge in [0.15, 0.2) is 0 Å². The lowest BCUT2D eigenvalue weighted by Gasteiger charge is -2.27. The largest absolute Gasteiger partial charge is 0.495 e. The minimum atomic E-state index is -0.353. The van der Waals surface area contributed by atoms with Gasteiger partial charge >= 0.3 is 0 Å². The molecule has 1 aliphatic heterocycles. The van der Waals surface area contributed by atoms with Crippen LogP contribution in [0, 0.1) is 5.82 Å². The molecule has 1 amide bonds. The summed E-state index contributed by atoms with van der Waals surface area (Å²) in [4.78, 5) is 19.8. The standard InChI is InChI=1S/C20H17FN2O3S/c1-25-17-8-3-2-7-16(17)23-10-9-15-19(20(23)24)27-18(22-15)12-26-14-6-4-5-13(21)11-14/h2-8,11H,9-10,12H2,1H3. The molecule has 2 aromatic carbocycles. The van der Waals surface area contributed by atoms with Crippen molar-refractivity contribution >= 4 is 22.9 Å². The number of hydrogen-bond donors (Lipinski definition) is 0. The Morgan fingerprint density at radius 1 is 1.22 bits per heavy atom. The number of benzene rings is 2. The molecule has 5 nitrogen and oxygen atoms in total. The summed E-state index contributed by atoms with van der Waals surface area (Å²) in [5.74, 6) is 0.655. The first-order valence-electron chi connectivity index (χ1n) is 8.47. The highest BCUT2D eigenvalue weighted by Gasteiger charge is 2.30. The van der Waals surface area contributed by atoms with Gasteiger partial charge in [-0.05, 0) is 24.3 Å². The normalized spacial score (nSPS) is 13.4. The Hall–Kier alpha value is -2.93. The van der Waals surface area contributed by atoms with Crippen molar-refractivity contribution in [3.63, 3.8) is 0 Å². The number of rotatable bonds is 5.